The first-order valence-corrected chi connectivity index (χ1v) is 9.03. The minimum Gasteiger partial charge on any atom is -0.497 e. The summed E-state index contributed by atoms with van der Waals surface area (Å²) in [5.41, 5.74) is 2.55. The van der Waals surface area contributed by atoms with E-state index >= 15 is 0 Å². The Bertz CT molecular complexity index is 1160. The summed E-state index contributed by atoms with van der Waals surface area (Å²) in [4.78, 5) is 21.1. The standard InChI is InChI=1S/C23H19N3O3/c1-28-18-8-4-15(5-9-18)16-6-10-19-17(14-16)7-11-20(29-2)21(19)22(27)26-23-24-12-3-13-25-23/h3-14H,1-2H3,(H,24,25,26,27). The van der Waals surface area contributed by atoms with Crippen LogP contribution in [0.15, 0.2) is 73.1 Å². The van der Waals surface area contributed by atoms with E-state index in [0.29, 0.717) is 11.3 Å². The maximum Gasteiger partial charge on any atom is 0.262 e. The van der Waals surface area contributed by atoms with E-state index in [0.717, 1.165) is 27.6 Å². The molecule has 0 aliphatic heterocycles. The lowest BCUT2D eigenvalue weighted by Crippen LogP contribution is -2.15. The lowest BCUT2D eigenvalue weighted by atomic mass is 9.97. The van der Waals surface area contributed by atoms with Crippen molar-refractivity contribution >= 4 is 22.6 Å². The van der Waals surface area contributed by atoms with Gasteiger partial charge >= 0.3 is 0 Å². The van der Waals surface area contributed by atoms with Crippen LogP contribution >= 0.6 is 0 Å². The van der Waals surface area contributed by atoms with Crippen molar-refractivity contribution < 1.29 is 14.3 Å². The van der Waals surface area contributed by atoms with E-state index in [4.69, 9.17) is 9.47 Å². The predicted octanol–water partition coefficient (Wildman–Crippen LogP) is 4.57. The summed E-state index contributed by atoms with van der Waals surface area (Å²) in [6.07, 6.45) is 3.15. The third-order valence-electron chi connectivity index (χ3n) is 4.64. The van der Waals surface area contributed by atoms with Crippen LogP contribution in [0.4, 0.5) is 5.95 Å². The first-order valence-electron chi connectivity index (χ1n) is 9.03. The Morgan fingerprint density at radius 1 is 0.862 bits per heavy atom. The SMILES string of the molecule is COc1ccc(-c2ccc3c(C(=O)Nc4ncccn4)c(OC)ccc3c2)cc1. The summed E-state index contributed by atoms with van der Waals surface area (Å²) in [7, 11) is 3.19. The predicted molar refractivity (Wildman–Crippen MR) is 112 cm³/mol. The van der Waals surface area contributed by atoms with Crippen molar-refractivity contribution in [2.24, 2.45) is 0 Å². The average Bonchev–Trinajstić information content (AvgIpc) is 2.78. The molecule has 144 valence electrons. The quantitative estimate of drug-likeness (QED) is 0.545. The van der Waals surface area contributed by atoms with Gasteiger partial charge in [0.2, 0.25) is 5.95 Å². The van der Waals surface area contributed by atoms with Gasteiger partial charge in [-0.2, -0.15) is 0 Å². The van der Waals surface area contributed by atoms with E-state index in [1.54, 1.807) is 38.7 Å². The number of benzene rings is 3. The molecule has 0 radical (unpaired) electrons. The summed E-state index contributed by atoms with van der Waals surface area (Å²) in [6.45, 7) is 0. The van der Waals surface area contributed by atoms with Crippen LogP contribution in [0.3, 0.4) is 0 Å². The van der Waals surface area contributed by atoms with Crippen LogP contribution < -0.4 is 14.8 Å². The summed E-state index contributed by atoms with van der Waals surface area (Å²) in [5.74, 6) is 1.21. The van der Waals surface area contributed by atoms with Crippen molar-refractivity contribution in [3.05, 3.63) is 78.6 Å². The number of carbonyl (C=O) groups is 1. The van der Waals surface area contributed by atoms with Crippen molar-refractivity contribution in [3.8, 4) is 22.6 Å². The molecular formula is C23H19N3O3. The van der Waals surface area contributed by atoms with E-state index < -0.39 is 0 Å². The Hall–Kier alpha value is -3.93. The molecule has 0 fully saturated rings. The summed E-state index contributed by atoms with van der Waals surface area (Å²) < 4.78 is 10.7. The molecule has 29 heavy (non-hydrogen) atoms. The van der Waals surface area contributed by atoms with Gasteiger partial charge in [-0.1, -0.05) is 30.3 Å². The van der Waals surface area contributed by atoms with Gasteiger partial charge in [0.15, 0.2) is 0 Å². The zero-order chi connectivity index (χ0) is 20.2. The Morgan fingerprint density at radius 2 is 1.59 bits per heavy atom. The Kier molecular flexibility index (Phi) is 5.07. The second-order valence-corrected chi connectivity index (χ2v) is 6.33. The van der Waals surface area contributed by atoms with Crippen LogP contribution in [-0.2, 0) is 0 Å². The number of carbonyl (C=O) groups excluding carboxylic acids is 1. The first-order chi connectivity index (χ1) is 14.2. The number of aromatic nitrogens is 2. The highest BCUT2D eigenvalue weighted by atomic mass is 16.5. The normalized spacial score (nSPS) is 10.6. The van der Waals surface area contributed by atoms with Crippen molar-refractivity contribution in [1.82, 2.24) is 9.97 Å². The number of ether oxygens (including phenoxy) is 2. The molecular weight excluding hydrogens is 366 g/mol. The smallest absolute Gasteiger partial charge is 0.262 e. The van der Waals surface area contributed by atoms with Crippen LogP contribution in [0.2, 0.25) is 0 Å². The minimum atomic E-state index is -0.323. The molecule has 0 saturated heterocycles. The average molecular weight is 385 g/mol. The van der Waals surface area contributed by atoms with E-state index in [1.165, 1.54) is 0 Å². The fourth-order valence-electron chi connectivity index (χ4n) is 3.20. The summed E-state index contributed by atoms with van der Waals surface area (Å²) in [5, 5.41) is 4.44. The molecule has 1 amide bonds. The highest BCUT2D eigenvalue weighted by Crippen LogP contribution is 2.32. The molecule has 6 heteroatoms. The Morgan fingerprint density at radius 3 is 2.28 bits per heavy atom. The van der Waals surface area contributed by atoms with Crippen molar-refractivity contribution in [2.75, 3.05) is 19.5 Å². The summed E-state index contributed by atoms with van der Waals surface area (Å²) >= 11 is 0. The molecule has 1 heterocycles. The van der Waals surface area contributed by atoms with Gasteiger partial charge in [0.1, 0.15) is 11.5 Å². The molecule has 0 spiro atoms. The van der Waals surface area contributed by atoms with Crippen molar-refractivity contribution in [3.63, 3.8) is 0 Å². The second-order valence-electron chi connectivity index (χ2n) is 6.33. The number of methoxy groups -OCH3 is 2. The number of hydrogen-bond donors (Lipinski definition) is 1. The molecule has 1 aromatic heterocycles. The fourth-order valence-corrected chi connectivity index (χ4v) is 3.20. The van der Waals surface area contributed by atoms with Gasteiger partial charge in [0.25, 0.3) is 5.91 Å². The number of anilines is 1. The molecule has 0 atom stereocenters. The van der Waals surface area contributed by atoms with Gasteiger partial charge in [-0.3, -0.25) is 10.1 Å². The van der Waals surface area contributed by atoms with Gasteiger partial charge in [-0.25, -0.2) is 9.97 Å². The van der Waals surface area contributed by atoms with E-state index in [-0.39, 0.29) is 11.9 Å². The molecule has 1 N–H and O–H groups in total. The van der Waals surface area contributed by atoms with Crippen LogP contribution in [0, 0.1) is 0 Å². The zero-order valence-electron chi connectivity index (χ0n) is 16.0. The molecule has 4 rings (SSSR count). The van der Waals surface area contributed by atoms with E-state index in [9.17, 15) is 4.79 Å². The van der Waals surface area contributed by atoms with Crippen molar-refractivity contribution in [2.45, 2.75) is 0 Å². The maximum absolute atomic E-state index is 12.9. The number of hydrogen-bond acceptors (Lipinski definition) is 5. The minimum absolute atomic E-state index is 0.242. The fraction of sp³-hybridized carbons (Fsp3) is 0.0870. The lowest BCUT2D eigenvalue weighted by Gasteiger charge is -2.13. The maximum atomic E-state index is 12.9. The number of nitrogens with one attached hydrogen (secondary N) is 1. The molecule has 0 saturated carbocycles. The zero-order valence-corrected chi connectivity index (χ0v) is 16.0. The topological polar surface area (TPSA) is 73.3 Å². The first kappa shape index (κ1) is 18.4. The summed E-state index contributed by atoms with van der Waals surface area (Å²) in [6, 6.07) is 19.2. The molecule has 0 unspecified atom stereocenters. The Balaban J connectivity index is 1.76. The third-order valence-corrected chi connectivity index (χ3v) is 4.64. The molecule has 4 aromatic rings. The molecule has 0 bridgehead atoms. The lowest BCUT2D eigenvalue weighted by molar-refractivity contribution is 0.102. The number of fused-ring (bicyclic) bond motifs is 1. The van der Waals surface area contributed by atoms with Crippen LogP contribution in [-0.4, -0.2) is 30.1 Å². The number of amides is 1. The Labute approximate surface area is 168 Å². The van der Waals surface area contributed by atoms with Gasteiger partial charge in [0, 0.05) is 12.4 Å². The van der Waals surface area contributed by atoms with Crippen molar-refractivity contribution in [1.29, 1.82) is 0 Å². The number of rotatable bonds is 5. The van der Waals surface area contributed by atoms with E-state index in [2.05, 4.69) is 15.3 Å². The van der Waals surface area contributed by atoms with Crippen LogP contribution in [0.1, 0.15) is 10.4 Å². The highest BCUT2D eigenvalue weighted by molar-refractivity contribution is 6.15. The van der Waals surface area contributed by atoms with Gasteiger partial charge in [0.05, 0.1) is 19.8 Å². The molecule has 6 nitrogen and oxygen atoms in total. The largest absolute Gasteiger partial charge is 0.497 e. The van der Waals surface area contributed by atoms with Gasteiger partial charge in [-0.05, 0) is 52.2 Å². The molecule has 0 aliphatic rings. The van der Waals surface area contributed by atoms with Gasteiger partial charge in [-0.15, -0.1) is 0 Å². The third kappa shape index (κ3) is 3.73. The van der Waals surface area contributed by atoms with E-state index in [1.807, 2.05) is 48.5 Å². The van der Waals surface area contributed by atoms with Crippen LogP contribution in [0.5, 0.6) is 11.5 Å². The molecule has 3 aromatic carbocycles. The number of nitrogens with zero attached hydrogens (tertiary/aromatic N) is 2. The second kappa shape index (κ2) is 7.98. The molecule has 0 aliphatic carbocycles. The highest BCUT2D eigenvalue weighted by Gasteiger charge is 2.18. The van der Waals surface area contributed by atoms with Crippen LogP contribution in [0.25, 0.3) is 21.9 Å². The monoisotopic (exact) mass is 385 g/mol. The van der Waals surface area contributed by atoms with Gasteiger partial charge < -0.3 is 9.47 Å².